The molecule has 0 aromatic heterocycles. The summed E-state index contributed by atoms with van der Waals surface area (Å²) in [6.45, 7) is 2.74. The van der Waals surface area contributed by atoms with Gasteiger partial charge in [0, 0.05) is 24.9 Å². The number of nitro groups is 1. The van der Waals surface area contributed by atoms with Crippen LogP contribution >= 0.6 is 0 Å². The average Bonchev–Trinajstić information content (AvgIpc) is 2.44. The number of carboxylic acid groups (broad SMARTS) is 1. The van der Waals surface area contributed by atoms with Crippen LogP contribution in [0.1, 0.15) is 36.5 Å². The summed E-state index contributed by atoms with van der Waals surface area (Å²) in [5.41, 5.74) is -0.251. The van der Waals surface area contributed by atoms with Crippen LogP contribution in [0.25, 0.3) is 0 Å². The minimum Gasteiger partial charge on any atom is -0.477 e. The van der Waals surface area contributed by atoms with Crippen LogP contribution in [0, 0.1) is 16.0 Å². The van der Waals surface area contributed by atoms with Crippen LogP contribution < -0.4 is 5.32 Å². The Morgan fingerprint density at radius 2 is 2.14 bits per heavy atom. The molecule has 116 valence electrons. The van der Waals surface area contributed by atoms with Crippen LogP contribution in [0.5, 0.6) is 0 Å². The lowest BCUT2D eigenvalue weighted by molar-refractivity contribution is -0.385. The quantitative estimate of drug-likeness (QED) is 0.476. The number of benzene rings is 1. The van der Waals surface area contributed by atoms with E-state index in [1.807, 2.05) is 0 Å². The number of hydrogen-bond donors (Lipinski definition) is 3. The number of anilines is 1. The molecule has 0 aliphatic rings. The topological polar surface area (TPSA) is 113 Å². The van der Waals surface area contributed by atoms with Gasteiger partial charge in [0.2, 0.25) is 0 Å². The first-order chi connectivity index (χ1) is 9.99. The number of aromatic carboxylic acids is 1. The molecular formula is C14H20N2O5. The molecule has 0 saturated carbocycles. The van der Waals surface area contributed by atoms with Gasteiger partial charge in [0.15, 0.2) is 0 Å². The van der Waals surface area contributed by atoms with Crippen molar-refractivity contribution in [1.82, 2.24) is 0 Å². The van der Waals surface area contributed by atoms with E-state index >= 15 is 0 Å². The Morgan fingerprint density at radius 1 is 1.43 bits per heavy atom. The number of nitro benzene ring substituents is 1. The normalized spacial score (nSPS) is 11.9. The minimum atomic E-state index is -1.32. The Hall–Kier alpha value is -2.15. The summed E-state index contributed by atoms with van der Waals surface area (Å²) < 4.78 is 0. The van der Waals surface area contributed by atoms with Crippen molar-refractivity contribution in [3.63, 3.8) is 0 Å². The van der Waals surface area contributed by atoms with Crippen LogP contribution in [0.4, 0.5) is 11.4 Å². The molecule has 0 saturated heterocycles. The number of nitrogens with one attached hydrogen (secondary N) is 1. The number of hydrogen-bond acceptors (Lipinski definition) is 5. The number of rotatable bonds is 9. The molecule has 7 heteroatoms. The van der Waals surface area contributed by atoms with Crippen LogP contribution in [0.2, 0.25) is 0 Å². The molecule has 0 aliphatic heterocycles. The highest BCUT2D eigenvalue weighted by molar-refractivity contribution is 5.93. The van der Waals surface area contributed by atoms with E-state index in [-0.39, 0.29) is 18.1 Å². The Morgan fingerprint density at radius 3 is 2.67 bits per heavy atom. The molecule has 0 bridgehead atoms. The molecule has 1 atom stereocenters. The third-order valence-electron chi connectivity index (χ3n) is 3.25. The van der Waals surface area contributed by atoms with Crippen molar-refractivity contribution in [2.75, 3.05) is 18.5 Å². The second-order valence-corrected chi connectivity index (χ2v) is 4.84. The molecule has 0 fully saturated rings. The molecule has 0 radical (unpaired) electrons. The van der Waals surface area contributed by atoms with Crippen molar-refractivity contribution in [3.8, 4) is 0 Å². The SMILES string of the molecule is CCCC(CCO)CNc1ccc(C(=O)O)c([N+](=O)[O-])c1. The van der Waals surface area contributed by atoms with Crippen LogP contribution in [0.3, 0.4) is 0 Å². The number of carboxylic acids is 1. The van der Waals surface area contributed by atoms with Gasteiger partial charge < -0.3 is 15.5 Å². The fourth-order valence-corrected chi connectivity index (χ4v) is 2.17. The van der Waals surface area contributed by atoms with Gasteiger partial charge in [-0.3, -0.25) is 10.1 Å². The minimum absolute atomic E-state index is 0.102. The fourth-order valence-electron chi connectivity index (χ4n) is 2.17. The van der Waals surface area contributed by atoms with Gasteiger partial charge in [0.1, 0.15) is 5.56 Å². The molecule has 1 aromatic carbocycles. The maximum absolute atomic E-state index is 10.9. The standard InChI is InChI=1S/C14H20N2O5/c1-2-3-10(6-7-17)9-15-11-4-5-12(14(18)19)13(8-11)16(20)21/h4-5,8,10,15,17H,2-3,6-7,9H2,1H3,(H,18,19). The maximum atomic E-state index is 10.9. The molecule has 0 aliphatic carbocycles. The highest BCUT2D eigenvalue weighted by Gasteiger charge is 2.20. The van der Waals surface area contributed by atoms with Gasteiger partial charge >= 0.3 is 5.97 Å². The first-order valence-electron chi connectivity index (χ1n) is 6.86. The van der Waals surface area contributed by atoms with Crippen LogP contribution in [-0.2, 0) is 0 Å². The Balaban J connectivity index is 2.82. The Kier molecular flexibility index (Phi) is 6.61. The Bertz CT molecular complexity index is 498. The summed E-state index contributed by atoms with van der Waals surface area (Å²) in [6.07, 6.45) is 2.60. The van der Waals surface area contributed by atoms with Crippen molar-refractivity contribution in [1.29, 1.82) is 0 Å². The van der Waals surface area contributed by atoms with E-state index in [1.54, 1.807) is 0 Å². The summed E-state index contributed by atoms with van der Waals surface area (Å²) >= 11 is 0. The molecule has 0 spiro atoms. The van der Waals surface area contributed by atoms with E-state index < -0.39 is 16.6 Å². The van der Waals surface area contributed by atoms with E-state index in [0.717, 1.165) is 12.8 Å². The lowest BCUT2D eigenvalue weighted by Crippen LogP contribution is -2.16. The number of carbonyl (C=O) groups is 1. The third kappa shape index (κ3) is 5.03. The summed E-state index contributed by atoms with van der Waals surface area (Å²) in [6, 6.07) is 3.97. The zero-order chi connectivity index (χ0) is 15.8. The second kappa shape index (κ2) is 8.21. The predicted molar refractivity (Wildman–Crippen MR) is 78.6 cm³/mol. The molecule has 0 amide bonds. The third-order valence-corrected chi connectivity index (χ3v) is 3.25. The number of aliphatic hydroxyl groups excluding tert-OH is 1. The van der Waals surface area contributed by atoms with Gasteiger partial charge in [-0.15, -0.1) is 0 Å². The molecule has 7 nitrogen and oxygen atoms in total. The van der Waals surface area contributed by atoms with Gasteiger partial charge in [0.25, 0.3) is 5.69 Å². The van der Waals surface area contributed by atoms with Crippen molar-refractivity contribution < 1.29 is 19.9 Å². The van der Waals surface area contributed by atoms with E-state index in [1.165, 1.54) is 18.2 Å². The number of nitrogens with zero attached hydrogens (tertiary/aromatic N) is 1. The van der Waals surface area contributed by atoms with E-state index in [4.69, 9.17) is 10.2 Å². The van der Waals surface area contributed by atoms with Crippen molar-refractivity contribution in [2.24, 2.45) is 5.92 Å². The summed E-state index contributed by atoms with van der Waals surface area (Å²) in [5, 5.41) is 31.9. The smallest absolute Gasteiger partial charge is 0.342 e. The van der Waals surface area contributed by atoms with Crippen molar-refractivity contribution in [3.05, 3.63) is 33.9 Å². The average molecular weight is 296 g/mol. The molecular weight excluding hydrogens is 276 g/mol. The molecule has 1 rings (SSSR count). The second-order valence-electron chi connectivity index (χ2n) is 4.84. The van der Waals surface area contributed by atoms with E-state index in [0.29, 0.717) is 18.7 Å². The highest BCUT2D eigenvalue weighted by Crippen LogP contribution is 2.24. The molecule has 1 aromatic rings. The van der Waals surface area contributed by atoms with Gasteiger partial charge in [-0.05, 0) is 30.9 Å². The highest BCUT2D eigenvalue weighted by atomic mass is 16.6. The summed E-state index contributed by atoms with van der Waals surface area (Å²) in [7, 11) is 0. The van der Waals surface area contributed by atoms with Crippen LogP contribution in [0.15, 0.2) is 18.2 Å². The molecule has 1 unspecified atom stereocenters. The van der Waals surface area contributed by atoms with Gasteiger partial charge in [-0.1, -0.05) is 13.3 Å². The maximum Gasteiger partial charge on any atom is 0.342 e. The molecule has 3 N–H and O–H groups in total. The first kappa shape index (κ1) is 16.9. The first-order valence-corrected chi connectivity index (χ1v) is 6.86. The fraction of sp³-hybridized carbons (Fsp3) is 0.500. The van der Waals surface area contributed by atoms with Gasteiger partial charge in [-0.25, -0.2) is 4.79 Å². The lowest BCUT2D eigenvalue weighted by Gasteiger charge is -2.16. The monoisotopic (exact) mass is 296 g/mol. The lowest BCUT2D eigenvalue weighted by atomic mass is 10.00. The summed E-state index contributed by atoms with van der Waals surface area (Å²) in [5.74, 6) is -1.05. The zero-order valence-electron chi connectivity index (χ0n) is 11.9. The number of aliphatic hydroxyl groups is 1. The summed E-state index contributed by atoms with van der Waals surface area (Å²) in [4.78, 5) is 21.1. The zero-order valence-corrected chi connectivity index (χ0v) is 11.9. The van der Waals surface area contributed by atoms with Gasteiger partial charge in [-0.2, -0.15) is 0 Å². The van der Waals surface area contributed by atoms with E-state index in [2.05, 4.69) is 12.2 Å². The molecule has 21 heavy (non-hydrogen) atoms. The predicted octanol–water partition coefficient (Wildman–Crippen LogP) is 2.50. The van der Waals surface area contributed by atoms with E-state index in [9.17, 15) is 14.9 Å². The largest absolute Gasteiger partial charge is 0.477 e. The van der Waals surface area contributed by atoms with Gasteiger partial charge in [0.05, 0.1) is 4.92 Å². The van der Waals surface area contributed by atoms with Crippen molar-refractivity contribution in [2.45, 2.75) is 26.2 Å². The van der Waals surface area contributed by atoms with Crippen LogP contribution in [-0.4, -0.2) is 34.3 Å². The van der Waals surface area contributed by atoms with Crippen molar-refractivity contribution >= 4 is 17.3 Å². The Labute approximate surface area is 122 Å². The molecule has 0 heterocycles.